The molecule has 0 fully saturated rings. The van der Waals surface area contributed by atoms with E-state index in [-0.39, 0.29) is 6.54 Å². The van der Waals surface area contributed by atoms with Gasteiger partial charge >= 0.3 is 5.97 Å². The maximum absolute atomic E-state index is 12.3. The first-order chi connectivity index (χ1) is 9.64. The summed E-state index contributed by atoms with van der Waals surface area (Å²) in [6.45, 7) is 7.07. The van der Waals surface area contributed by atoms with Crippen LogP contribution in [0.1, 0.15) is 39.3 Å². The van der Waals surface area contributed by atoms with Gasteiger partial charge in [0.1, 0.15) is 11.6 Å². The van der Waals surface area contributed by atoms with Gasteiger partial charge in [-0.2, -0.15) is 13.1 Å². The third-order valence-electron chi connectivity index (χ3n) is 2.38. The molecule has 1 atom stereocenters. The molecule has 1 aromatic carbocycles. The number of benzene rings is 1. The number of carbonyl (C=O) groups is 1. The maximum atomic E-state index is 12.3. The van der Waals surface area contributed by atoms with Crippen LogP contribution < -0.4 is 9.44 Å². The Labute approximate surface area is 126 Å². The molecule has 0 aliphatic heterocycles. The van der Waals surface area contributed by atoms with Crippen molar-refractivity contribution in [1.29, 1.82) is 0 Å². The molecule has 7 heteroatoms. The Hall–Kier alpha value is -1.44. The van der Waals surface area contributed by atoms with Crippen molar-refractivity contribution in [2.75, 3.05) is 6.54 Å². The molecule has 118 valence electrons. The monoisotopic (exact) mass is 314 g/mol. The lowest BCUT2D eigenvalue weighted by Crippen LogP contribution is -2.43. The van der Waals surface area contributed by atoms with Crippen LogP contribution in [-0.2, 0) is 19.7 Å². The number of carbonyl (C=O) groups excluding carboxylic acids is 1. The third kappa shape index (κ3) is 6.24. The summed E-state index contributed by atoms with van der Waals surface area (Å²) < 4.78 is 33.6. The van der Waals surface area contributed by atoms with E-state index in [1.165, 1.54) is 0 Å². The highest BCUT2D eigenvalue weighted by atomic mass is 32.2. The molecular weight excluding hydrogens is 292 g/mol. The number of rotatable bonds is 6. The van der Waals surface area contributed by atoms with Gasteiger partial charge in [-0.25, -0.2) is 9.52 Å². The van der Waals surface area contributed by atoms with E-state index in [9.17, 15) is 13.2 Å². The van der Waals surface area contributed by atoms with Crippen LogP contribution in [0.4, 0.5) is 0 Å². The number of hydrogen-bond donors (Lipinski definition) is 2. The molecule has 1 aromatic rings. The molecule has 21 heavy (non-hydrogen) atoms. The summed E-state index contributed by atoms with van der Waals surface area (Å²) in [4.78, 5) is 12.3. The molecule has 2 N–H and O–H groups in total. The molecule has 0 amide bonds. The molecule has 0 saturated carbocycles. The van der Waals surface area contributed by atoms with Gasteiger partial charge in [-0.15, -0.1) is 0 Å². The Kier molecular flexibility index (Phi) is 5.88. The molecule has 0 bridgehead atoms. The molecule has 0 aromatic heterocycles. The number of nitrogens with one attached hydrogen (secondary N) is 2. The maximum Gasteiger partial charge on any atom is 0.329 e. The quantitative estimate of drug-likeness (QED) is 0.780. The molecule has 0 unspecified atom stereocenters. The standard InChI is InChI=1S/C14H22N2O4S/c1-5-15-21(18,19)16-12(11-9-7-6-8-10-11)13(17)20-14(2,3)4/h6-10,12,15-16H,5H2,1-4H3/t12-/m1/s1. The van der Waals surface area contributed by atoms with Crippen LogP contribution in [0.3, 0.4) is 0 Å². The van der Waals surface area contributed by atoms with Crippen molar-refractivity contribution >= 4 is 16.2 Å². The van der Waals surface area contributed by atoms with E-state index in [2.05, 4.69) is 9.44 Å². The summed E-state index contributed by atoms with van der Waals surface area (Å²) in [5, 5.41) is 0. The van der Waals surface area contributed by atoms with Gasteiger partial charge in [-0.1, -0.05) is 37.3 Å². The van der Waals surface area contributed by atoms with Crippen LogP contribution in [0.2, 0.25) is 0 Å². The fraction of sp³-hybridized carbons (Fsp3) is 0.500. The zero-order chi connectivity index (χ0) is 16.1. The first kappa shape index (κ1) is 17.6. The predicted octanol–water partition coefficient (Wildman–Crippen LogP) is 1.51. The van der Waals surface area contributed by atoms with Gasteiger partial charge in [0.15, 0.2) is 0 Å². The lowest BCUT2D eigenvalue weighted by Gasteiger charge is -2.24. The second-order valence-electron chi connectivity index (χ2n) is 5.50. The predicted molar refractivity (Wildman–Crippen MR) is 80.8 cm³/mol. The summed E-state index contributed by atoms with van der Waals surface area (Å²) in [6, 6.07) is 7.50. The highest BCUT2D eigenvalue weighted by Crippen LogP contribution is 2.19. The Morgan fingerprint density at radius 3 is 2.29 bits per heavy atom. The van der Waals surface area contributed by atoms with Crippen LogP contribution in [-0.4, -0.2) is 26.5 Å². The summed E-state index contributed by atoms with van der Waals surface area (Å²) in [5.41, 5.74) is -0.179. The van der Waals surface area contributed by atoms with Gasteiger partial charge in [-0.3, -0.25) is 0 Å². The second kappa shape index (κ2) is 7.02. The zero-order valence-corrected chi connectivity index (χ0v) is 13.5. The number of ether oxygens (including phenoxy) is 1. The van der Waals surface area contributed by atoms with E-state index in [1.54, 1.807) is 58.0 Å². The fourth-order valence-electron chi connectivity index (χ4n) is 1.65. The SMILES string of the molecule is CCNS(=O)(=O)N[C@@H](C(=O)OC(C)(C)C)c1ccccc1. The van der Waals surface area contributed by atoms with Crippen LogP contribution in [0.15, 0.2) is 30.3 Å². The fourth-order valence-corrected chi connectivity index (χ4v) is 2.65. The van der Waals surface area contributed by atoms with E-state index in [0.717, 1.165) is 0 Å². The second-order valence-corrected chi connectivity index (χ2v) is 7.03. The smallest absolute Gasteiger partial charge is 0.329 e. The van der Waals surface area contributed by atoms with Crippen LogP contribution in [0.25, 0.3) is 0 Å². The molecule has 1 rings (SSSR count). The minimum Gasteiger partial charge on any atom is -0.459 e. The van der Waals surface area contributed by atoms with E-state index in [4.69, 9.17) is 4.74 Å². The van der Waals surface area contributed by atoms with Gasteiger partial charge < -0.3 is 4.74 Å². The van der Waals surface area contributed by atoms with Crippen molar-refractivity contribution in [3.8, 4) is 0 Å². The first-order valence-corrected chi connectivity index (χ1v) is 8.17. The summed E-state index contributed by atoms with van der Waals surface area (Å²) in [7, 11) is -3.78. The third-order valence-corrected chi connectivity index (χ3v) is 3.60. The zero-order valence-electron chi connectivity index (χ0n) is 12.7. The topological polar surface area (TPSA) is 84.5 Å². The van der Waals surface area contributed by atoms with Gasteiger partial charge in [0.05, 0.1) is 0 Å². The van der Waals surface area contributed by atoms with E-state index in [1.807, 2.05) is 0 Å². The van der Waals surface area contributed by atoms with E-state index in [0.29, 0.717) is 5.56 Å². The van der Waals surface area contributed by atoms with Crippen LogP contribution >= 0.6 is 0 Å². The molecule has 0 spiro atoms. The van der Waals surface area contributed by atoms with E-state index < -0.39 is 27.8 Å². The molecule has 0 aliphatic carbocycles. The largest absolute Gasteiger partial charge is 0.459 e. The van der Waals surface area contributed by atoms with E-state index >= 15 is 0 Å². The Morgan fingerprint density at radius 2 is 1.81 bits per heavy atom. The minimum atomic E-state index is -3.78. The summed E-state index contributed by atoms with van der Waals surface area (Å²) in [6.07, 6.45) is 0. The van der Waals surface area contributed by atoms with Crippen molar-refractivity contribution in [2.24, 2.45) is 0 Å². The van der Waals surface area contributed by atoms with Crippen molar-refractivity contribution in [1.82, 2.24) is 9.44 Å². The molecule has 0 saturated heterocycles. The number of hydrogen-bond acceptors (Lipinski definition) is 4. The molecule has 0 radical (unpaired) electrons. The van der Waals surface area contributed by atoms with Gasteiger partial charge in [0.25, 0.3) is 10.2 Å². The van der Waals surface area contributed by atoms with Gasteiger partial charge in [0, 0.05) is 6.54 Å². The van der Waals surface area contributed by atoms with Crippen molar-refractivity contribution in [3.05, 3.63) is 35.9 Å². The highest BCUT2D eigenvalue weighted by Gasteiger charge is 2.30. The van der Waals surface area contributed by atoms with Crippen LogP contribution in [0, 0.1) is 0 Å². The Morgan fingerprint density at radius 1 is 1.24 bits per heavy atom. The molecule has 6 nitrogen and oxygen atoms in total. The lowest BCUT2D eigenvalue weighted by atomic mass is 10.1. The van der Waals surface area contributed by atoms with Crippen LogP contribution in [0.5, 0.6) is 0 Å². The first-order valence-electron chi connectivity index (χ1n) is 6.69. The van der Waals surface area contributed by atoms with Gasteiger partial charge in [0.2, 0.25) is 0 Å². The van der Waals surface area contributed by atoms with Crippen molar-refractivity contribution < 1.29 is 17.9 Å². The average Bonchev–Trinajstić information content (AvgIpc) is 2.35. The average molecular weight is 314 g/mol. The van der Waals surface area contributed by atoms with Gasteiger partial charge in [-0.05, 0) is 26.3 Å². The lowest BCUT2D eigenvalue weighted by molar-refractivity contribution is -0.157. The molecule has 0 heterocycles. The minimum absolute atomic E-state index is 0.227. The number of esters is 1. The Bertz CT molecular complexity index is 564. The molecular formula is C14H22N2O4S. The van der Waals surface area contributed by atoms with Crippen molar-refractivity contribution in [3.63, 3.8) is 0 Å². The summed E-state index contributed by atoms with van der Waals surface area (Å²) in [5.74, 6) is -0.643. The highest BCUT2D eigenvalue weighted by molar-refractivity contribution is 7.87. The molecule has 0 aliphatic rings. The van der Waals surface area contributed by atoms with Crippen molar-refractivity contribution in [2.45, 2.75) is 39.3 Å². The normalized spacial score (nSPS) is 13.7. The summed E-state index contributed by atoms with van der Waals surface area (Å²) >= 11 is 0. The Balaban J connectivity index is 3.04.